The second-order valence-electron chi connectivity index (χ2n) is 8.26. The number of ether oxygens (including phenoxy) is 1. The predicted molar refractivity (Wildman–Crippen MR) is 139 cm³/mol. The molecule has 1 heterocycles. The fourth-order valence-corrected chi connectivity index (χ4v) is 5.46. The van der Waals surface area contributed by atoms with E-state index in [1.807, 2.05) is 6.07 Å². The van der Waals surface area contributed by atoms with Crippen LogP contribution in [0.3, 0.4) is 0 Å². The van der Waals surface area contributed by atoms with Gasteiger partial charge < -0.3 is 15.4 Å². The van der Waals surface area contributed by atoms with Gasteiger partial charge in [-0.25, -0.2) is 21.9 Å². The molecule has 0 aliphatic heterocycles. The van der Waals surface area contributed by atoms with Crippen LogP contribution in [0.15, 0.2) is 47.6 Å². The highest BCUT2D eigenvalue weighted by Crippen LogP contribution is 2.41. The van der Waals surface area contributed by atoms with E-state index in [9.17, 15) is 13.2 Å². The number of halogens is 3. The van der Waals surface area contributed by atoms with Gasteiger partial charge in [0.1, 0.15) is 5.56 Å². The summed E-state index contributed by atoms with van der Waals surface area (Å²) in [6, 6.07) is 8.33. The van der Waals surface area contributed by atoms with Gasteiger partial charge >= 0.3 is 0 Å². The second-order valence-corrected chi connectivity index (χ2v) is 11.2. The fraction of sp³-hybridized carbons (Fsp3) is 0.250. The van der Waals surface area contributed by atoms with Gasteiger partial charge in [0.05, 0.1) is 12.8 Å². The van der Waals surface area contributed by atoms with Crippen molar-refractivity contribution in [2.75, 3.05) is 12.4 Å². The van der Waals surface area contributed by atoms with Crippen LogP contribution in [0.5, 0.6) is 5.75 Å². The van der Waals surface area contributed by atoms with Crippen LogP contribution in [0.1, 0.15) is 34.3 Å². The zero-order valence-corrected chi connectivity index (χ0v) is 22.3. The van der Waals surface area contributed by atoms with Crippen molar-refractivity contribution in [3.8, 4) is 5.75 Å². The molecule has 0 spiro atoms. The molecule has 3 aromatic rings. The maximum Gasteiger partial charge on any atom is 0.257 e. The lowest BCUT2D eigenvalue weighted by atomic mass is 10.1. The summed E-state index contributed by atoms with van der Waals surface area (Å²) >= 11 is 2.12. The van der Waals surface area contributed by atoms with E-state index in [1.54, 1.807) is 31.2 Å². The third-order valence-corrected chi connectivity index (χ3v) is 7.64. The molecular formula is C24H23F2IN4O4S. The number of aromatic nitrogens is 1. The number of pyridine rings is 1. The average Bonchev–Trinajstić information content (AvgIpc) is 3.66. The van der Waals surface area contributed by atoms with Gasteiger partial charge in [-0.1, -0.05) is 6.07 Å². The van der Waals surface area contributed by atoms with Crippen molar-refractivity contribution in [2.45, 2.75) is 37.2 Å². The van der Waals surface area contributed by atoms with Gasteiger partial charge in [0, 0.05) is 34.2 Å². The lowest BCUT2D eigenvalue weighted by molar-refractivity contribution is 0.0948. The SMILES string of the molecule is COc1c(C(=O)NC2CC2)c(Nc2ccc(I)cc2C)c(F)c(F)c1S(=O)(=O)NCc1cccnc1. The number of anilines is 2. The highest BCUT2D eigenvalue weighted by Gasteiger charge is 2.37. The van der Waals surface area contributed by atoms with Crippen LogP contribution in [-0.2, 0) is 16.6 Å². The van der Waals surface area contributed by atoms with Gasteiger partial charge in [-0.15, -0.1) is 0 Å². The molecule has 1 amide bonds. The molecule has 0 bridgehead atoms. The first-order chi connectivity index (χ1) is 17.1. The third-order valence-electron chi connectivity index (χ3n) is 5.54. The molecule has 0 radical (unpaired) electrons. The Bertz CT molecular complexity index is 1420. The smallest absolute Gasteiger partial charge is 0.257 e. The number of nitrogens with zero attached hydrogens (tertiary/aromatic N) is 1. The molecule has 12 heteroatoms. The number of hydrogen-bond donors (Lipinski definition) is 3. The Morgan fingerprint density at radius 1 is 1.22 bits per heavy atom. The Kier molecular flexibility index (Phi) is 7.76. The molecule has 1 aliphatic rings. The van der Waals surface area contributed by atoms with Crippen LogP contribution < -0.4 is 20.1 Å². The van der Waals surface area contributed by atoms with Crippen LogP contribution in [0.2, 0.25) is 0 Å². The Morgan fingerprint density at radius 3 is 2.58 bits per heavy atom. The second kappa shape index (κ2) is 10.6. The van der Waals surface area contributed by atoms with Crippen molar-refractivity contribution < 1.29 is 26.7 Å². The van der Waals surface area contributed by atoms with Gasteiger partial charge in [0.15, 0.2) is 22.3 Å². The van der Waals surface area contributed by atoms with Crippen molar-refractivity contribution in [2.24, 2.45) is 0 Å². The topological polar surface area (TPSA) is 109 Å². The number of nitrogens with one attached hydrogen (secondary N) is 3. The largest absolute Gasteiger partial charge is 0.494 e. The van der Waals surface area contributed by atoms with Crippen LogP contribution in [-0.4, -0.2) is 32.5 Å². The molecule has 2 aromatic carbocycles. The normalized spacial score (nSPS) is 13.4. The minimum absolute atomic E-state index is 0.132. The molecule has 1 aromatic heterocycles. The number of carbonyl (C=O) groups excluding carboxylic acids is 1. The molecular weight excluding hydrogens is 605 g/mol. The minimum Gasteiger partial charge on any atom is -0.494 e. The summed E-state index contributed by atoms with van der Waals surface area (Å²) in [7, 11) is -3.56. The summed E-state index contributed by atoms with van der Waals surface area (Å²) < 4.78 is 65.8. The molecule has 8 nitrogen and oxygen atoms in total. The number of methoxy groups -OCH3 is 1. The fourth-order valence-electron chi connectivity index (χ4n) is 3.56. The summed E-state index contributed by atoms with van der Waals surface area (Å²) in [4.78, 5) is 16.0. The van der Waals surface area contributed by atoms with Gasteiger partial charge in [-0.2, -0.15) is 0 Å². The molecule has 0 atom stereocenters. The zero-order valence-electron chi connectivity index (χ0n) is 19.4. The van der Waals surface area contributed by atoms with E-state index < -0.39 is 49.5 Å². The summed E-state index contributed by atoms with van der Waals surface area (Å²) in [6.45, 7) is 1.53. The monoisotopic (exact) mass is 628 g/mol. The highest BCUT2D eigenvalue weighted by molar-refractivity contribution is 14.1. The van der Waals surface area contributed by atoms with Gasteiger partial charge in [0.2, 0.25) is 10.0 Å². The molecule has 190 valence electrons. The average molecular weight is 628 g/mol. The summed E-state index contributed by atoms with van der Waals surface area (Å²) in [5.74, 6) is -4.56. The lowest BCUT2D eigenvalue weighted by Crippen LogP contribution is -2.30. The first-order valence-electron chi connectivity index (χ1n) is 10.9. The Hall–Kier alpha value is -2.84. The van der Waals surface area contributed by atoms with Crippen LogP contribution in [0.4, 0.5) is 20.2 Å². The Balaban J connectivity index is 1.85. The van der Waals surface area contributed by atoms with E-state index >= 15 is 8.78 Å². The maximum atomic E-state index is 15.6. The first-order valence-corrected chi connectivity index (χ1v) is 13.5. The Morgan fingerprint density at radius 2 is 1.97 bits per heavy atom. The van der Waals surface area contributed by atoms with Crippen LogP contribution >= 0.6 is 22.6 Å². The van der Waals surface area contributed by atoms with Crippen molar-refractivity contribution in [3.05, 3.63) is 74.6 Å². The van der Waals surface area contributed by atoms with E-state index in [1.165, 1.54) is 12.4 Å². The minimum atomic E-state index is -4.65. The summed E-state index contributed by atoms with van der Waals surface area (Å²) in [6.07, 6.45) is 4.41. The molecule has 3 N–H and O–H groups in total. The zero-order chi connectivity index (χ0) is 26.0. The predicted octanol–water partition coefficient (Wildman–Crippen LogP) is 4.40. The maximum absolute atomic E-state index is 15.6. The van der Waals surface area contributed by atoms with E-state index in [2.05, 4.69) is 42.9 Å². The number of benzene rings is 2. The Labute approximate surface area is 221 Å². The van der Waals surface area contributed by atoms with E-state index in [0.717, 1.165) is 23.5 Å². The third kappa shape index (κ3) is 5.60. The first kappa shape index (κ1) is 26.2. The quantitative estimate of drug-likeness (QED) is 0.304. The van der Waals surface area contributed by atoms with Gasteiger partial charge in [-0.05, 0) is 77.7 Å². The van der Waals surface area contributed by atoms with Gasteiger partial charge in [0.25, 0.3) is 5.91 Å². The van der Waals surface area contributed by atoms with Gasteiger partial charge in [-0.3, -0.25) is 9.78 Å². The van der Waals surface area contributed by atoms with E-state index in [4.69, 9.17) is 4.74 Å². The van der Waals surface area contributed by atoms with Crippen molar-refractivity contribution >= 4 is 49.9 Å². The van der Waals surface area contributed by atoms with E-state index in [0.29, 0.717) is 16.8 Å². The number of carbonyl (C=O) groups is 1. The molecule has 4 rings (SSSR count). The lowest BCUT2D eigenvalue weighted by Gasteiger charge is -2.21. The molecule has 36 heavy (non-hydrogen) atoms. The number of sulfonamides is 1. The van der Waals surface area contributed by atoms with E-state index in [-0.39, 0.29) is 12.6 Å². The number of amides is 1. The van der Waals surface area contributed by atoms with Crippen molar-refractivity contribution in [1.82, 2.24) is 15.0 Å². The summed E-state index contributed by atoms with van der Waals surface area (Å²) in [5, 5.41) is 5.49. The van der Waals surface area contributed by atoms with Crippen molar-refractivity contribution in [1.29, 1.82) is 0 Å². The van der Waals surface area contributed by atoms with Crippen LogP contribution in [0.25, 0.3) is 0 Å². The number of hydrogen-bond acceptors (Lipinski definition) is 6. The van der Waals surface area contributed by atoms with Crippen molar-refractivity contribution in [3.63, 3.8) is 0 Å². The molecule has 1 fully saturated rings. The number of aryl methyl sites for hydroxylation is 1. The standard InChI is InChI=1S/C24H23F2IN4O4S/c1-13-10-15(27)5-8-17(13)31-21-18(24(32)30-16-6-7-16)22(35-2)23(20(26)19(21)25)36(33,34)29-12-14-4-3-9-28-11-14/h3-5,8-11,16,29,31H,6-7,12H2,1-2H3,(H,30,32). The number of rotatable bonds is 9. The molecule has 0 saturated heterocycles. The molecule has 1 aliphatic carbocycles. The molecule has 0 unspecified atom stereocenters. The summed E-state index contributed by atoms with van der Waals surface area (Å²) in [5.41, 5.74) is 0.673. The highest BCUT2D eigenvalue weighted by atomic mass is 127. The van der Waals surface area contributed by atoms with Crippen LogP contribution in [0, 0.1) is 22.1 Å². The molecule has 1 saturated carbocycles.